The second-order valence-corrected chi connectivity index (χ2v) is 5.88. The molecule has 2 rings (SSSR count). The Hall–Kier alpha value is -2.69. The van der Waals surface area contributed by atoms with E-state index in [9.17, 15) is 9.59 Å². The number of hydrogen-bond acceptors (Lipinski definition) is 3. The molecular formula is C20H25N3O2. The molecule has 0 aliphatic rings. The van der Waals surface area contributed by atoms with Gasteiger partial charge in [-0.05, 0) is 37.0 Å². The van der Waals surface area contributed by atoms with Crippen LogP contribution in [-0.2, 0) is 6.42 Å². The first-order valence-electron chi connectivity index (χ1n) is 8.77. The van der Waals surface area contributed by atoms with Crippen LogP contribution in [-0.4, -0.2) is 29.9 Å². The van der Waals surface area contributed by atoms with Crippen molar-refractivity contribution in [2.45, 2.75) is 32.6 Å². The highest BCUT2D eigenvalue weighted by atomic mass is 16.2. The molecule has 0 spiro atoms. The van der Waals surface area contributed by atoms with Gasteiger partial charge in [-0.1, -0.05) is 43.7 Å². The number of amides is 2. The molecule has 0 aliphatic carbocycles. The van der Waals surface area contributed by atoms with Gasteiger partial charge in [0.15, 0.2) is 0 Å². The Morgan fingerprint density at radius 2 is 1.68 bits per heavy atom. The number of aryl methyl sites for hydroxylation is 1. The number of carbonyl (C=O) groups excluding carboxylic acids is 2. The van der Waals surface area contributed by atoms with Crippen LogP contribution in [0.25, 0.3) is 0 Å². The van der Waals surface area contributed by atoms with Crippen molar-refractivity contribution in [3.05, 3.63) is 65.5 Å². The normalized spacial score (nSPS) is 10.3. The van der Waals surface area contributed by atoms with Crippen LogP contribution in [0.4, 0.5) is 0 Å². The van der Waals surface area contributed by atoms with Crippen molar-refractivity contribution in [2.24, 2.45) is 0 Å². The van der Waals surface area contributed by atoms with E-state index in [-0.39, 0.29) is 17.5 Å². The monoisotopic (exact) mass is 339 g/mol. The lowest BCUT2D eigenvalue weighted by atomic mass is 10.1. The molecule has 0 fully saturated rings. The highest BCUT2D eigenvalue weighted by Gasteiger charge is 2.11. The van der Waals surface area contributed by atoms with Crippen LogP contribution >= 0.6 is 0 Å². The Labute approximate surface area is 148 Å². The summed E-state index contributed by atoms with van der Waals surface area (Å²) in [5.74, 6) is -0.426. The third-order valence-electron chi connectivity index (χ3n) is 3.84. The quantitative estimate of drug-likeness (QED) is 0.690. The molecule has 2 amide bonds. The lowest BCUT2D eigenvalue weighted by Crippen LogP contribution is -2.27. The summed E-state index contributed by atoms with van der Waals surface area (Å²) in [6.07, 6.45) is 5.22. The van der Waals surface area contributed by atoms with E-state index in [1.165, 1.54) is 17.8 Å². The number of aromatic nitrogens is 1. The largest absolute Gasteiger partial charge is 0.352 e. The predicted molar refractivity (Wildman–Crippen MR) is 98.6 cm³/mol. The van der Waals surface area contributed by atoms with Crippen molar-refractivity contribution in [3.8, 4) is 0 Å². The molecule has 0 unspecified atom stereocenters. The van der Waals surface area contributed by atoms with E-state index in [0.29, 0.717) is 18.7 Å². The van der Waals surface area contributed by atoms with Gasteiger partial charge in [-0.25, -0.2) is 0 Å². The van der Waals surface area contributed by atoms with Crippen LogP contribution in [0.2, 0.25) is 0 Å². The van der Waals surface area contributed by atoms with E-state index < -0.39 is 0 Å². The second kappa shape index (κ2) is 10.2. The Morgan fingerprint density at radius 1 is 0.960 bits per heavy atom. The van der Waals surface area contributed by atoms with Crippen molar-refractivity contribution in [1.29, 1.82) is 0 Å². The van der Waals surface area contributed by atoms with Crippen molar-refractivity contribution < 1.29 is 9.59 Å². The summed E-state index contributed by atoms with van der Waals surface area (Å²) in [6, 6.07) is 13.3. The SMILES string of the molecule is CCCCNC(=O)c1ccnc(C(=O)NCCCc2ccccc2)c1. The van der Waals surface area contributed by atoms with Crippen LogP contribution in [0, 0.1) is 0 Å². The zero-order valence-electron chi connectivity index (χ0n) is 14.6. The number of rotatable bonds is 9. The molecular weight excluding hydrogens is 314 g/mol. The Kier molecular flexibility index (Phi) is 7.63. The van der Waals surface area contributed by atoms with E-state index in [2.05, 4.69) is 34.7 Å². The molecule has 2 aromatic rings. The Morgan fingerprint density at radius 3 is 2.44 bits per heavy atom. The number of benzene rings is 1. The lowest BCUT2D eigenvalue weighted by molar-refractivity contribution is 0.0948. The number of hydrogen-bond donors (Lipinski definition) is 2. The minimum atomic E-state index is -0.253. The zero-order chi connectivity index (χ0) is 17.9. The van der Waals surface area contributed by atoms with Gasteiger partial charge in [-0.3, -0.25) is 14.6 Å². The summed E-state index contributed by atoms with van der Waals surface area (Å²) in [5, 5.41) is 5.69. The van der Waals surface area contributed by atoms with Gasteiger partial charge in [0.05, 0.1) is 0 Å². The number of pyridine rings is 1. The number of carbonyl (C=O) groups is 2. The molecule has 25 heavy (non-hydrogen) atoms. The summed E-state index contributed by atoms with van der Waals surface area (Å²) < 4.78 is 0. The Balaban J connectivity index is 1.81. The average molecular weight is 339 g/mol. The Bertz CT molecular complexity index is 686. The molecule has 132 valence electrons. The van der Waals surface area contributed by atoms with Gasteiger partial charge in [0, 0.05) is 24.8 Å². The predicted octanol–water partition coefficient (Wildman–Crippen LogP) is 2.97. The standard InChI is InChI=1S/C20H25N3O2/c1-2-3-12-22-19(24)17-11-14-21-18(15-17)20(25)23-13-7-10-16-8-5-4-6-9-16/h4-6,8-9,11,14-15H,2-3,7,10,12-13H2,1H3,(H,22,24)(H,23,25). The van der Waals surface area contributed by atoms with Crippen LogP contribution in [0.5, 0.6) is 0 Å². The second-order valence-electron chi connectivity index (χ2n) is 5.88. The zero-order valence-corrected chi connectivity index (χ0v) is 14.6. The van der Waals surface area contributed by atoms with E-state index in [1.54, 1.807) is 6.07 Å². The third kappa shape index (κ3) is 6.37. The summed E-state index contributed by atoms with van der Waals surface area (Å²) >= 11 is 0. The molecule has 1 aromatic heterocycles. The molecule has 0 radical (unpaired) electrons. The molecule has 5 nitrogen and oxygen atoms in total. The van der Waals surface area contributed by atoms with Gasteiger partial charge in [-0.2, -0.15) is 0 Å². The fraction of sp³-hybridized carbons (Fsp3) is 0.350. The summed E-state index contributed by atoms with van der Waals surface area (Å²) in [7, 11) is 0. The first kappa shape index (κ1) is 18.6. The fourth-order valence-corrected chi connectivity index (χ4v) is 2.41. The molecule has 5 heteroatoms. The lowest BCUT2D eigenvalue weighted by Gasteiger charge is -2.07. The molecule has 1 heterocycles. The maximum absolute atomic E-state index is 12.2. The van der Waals surface area contributed by atoms with Gasteiger partial charge in [0.1, 0.15) is 5.69 Å². The molecule has 0 aliphatic heterocycles. The summed E-state index contributed by atoms with van der Waals surface area (Å²) in [4.78, 5) is 28.3. The van der Waals surface area contributed by atoms with Crippen LogP contribution in [0.3, 0.4) is 0 Å². The van der Waals surface area contributed by atoms with E-state index in [0.717, 1.165) is 25.7 Å². The maximum atomic E-state index is 12.2. The average Bonchev–Trinajstić information content (AvgIpc) is 2.66. The number of unbranched alkanes of at least 4 members (excludes halogenated alkanes) is 1. The van der Waals surface area contributed by atoms with Crippen LogP contribution in [0.15, 0.2) is 48.7 Å². The van der Waals surface area contributed by atoms with Gasteiger partial charge >= 0.3 is 0 Å². The maximum Gasteiger partial charge on any atom is 0.269 e. The highest BCUT2D eigenvalue weighted by molar-refractivity contribution is 5.98. The van der Waals surface area contributed by atoms with Crippen molar-refractivity contribution >= 4 is 11.8 Å². The molecule has 1 aromatic carbocycles. The fourth-order valence-electron chi connectivity index (χ4n) is 2.41. The van der Waals surface area contributed by atoms with Crippen molar-refractivity contribution in [1.82, 2.24) is 15.6 Å². The molecule has 0 saturated heterocycles. The molecule has 0 bridgehead atoms. The van der Waals surface area contributed by atoms with Gasteiger partial charge < -0.3 is 10.6 Å². The third-order valence-corrected chi connectivity index (χ3v) is 3.84. The van der Waals surface area contributed by atoms with Gasteiger partial charge in [-0.15, -0.1) is 0 Å². The summed E-state index contributed by atoms with van der Waals surface area (Å²) in [5.41, 5.74) is 1.98. The van der Waals surface area contributed by atoms with Crippen molar-refractivity contribution in [2.75, 3.05) is 13.1 Å². The molecule has 0 saturated carbocycles. The number of nitrogens with one attached hydrogen (secondary N) is 2. The topological polar surface area (TPSA) is 71.1 Å². The van der Waals surface area contributed by atoms with Crippen LogP contribution in [0.1, 0.15) is 52.6 Å². The first-order chi connectivity index (χ1) is 12.2. The van der Waals surface area contributed by atoms with E-state index in [1.807, 2.05) is 18.2 Å². The van der Waals surface area contributed by atoms with Gasteiger partial charge in [0.25, 0.3) is 11.8 Å². The minimum absolute atomic E-state index is 0.172. The van der Waals surface area contributed by atoms with E-state index >= 15 is 0 Å². The minimum Gasteiger partial charge on any atom is -0.352 e. The summed E-state index contributed by atoms with van der Waals surface area (Å²) in [6.45, 7) is 3.28. The first-order valence-corrected chi connectivity index (χ1v) is 8.77. The van der Waals surface area contributed by atoms with E-state index in [4.69, 9.17) is 0 Å². The highest BCUT2D eigenvalue weighted by Crippen LogP contribution is 2.04. The molecule has 2 N–H and O–H groups in total. The van der Waals surface area contributed by atoms with Crippen LogP contribution < -0.4 is 10.6 Å². The number of nitrogens with zero attached hydrogens (tertiary/aromatic N) is 1. The molecule has 0 atom stereocenters. The van der Waals surface area contributed by atoms with Gasteiger partial charge in [0.2, 0.25) is 0 Å². The smallest absolute Gasteiger partial charge is 0.269 e. The van der Waals surface area contributed by atoms with Crippen molar-refractivity contribution in [3.63, 3.8) is 0 Å².